The van der Waals surface area contributed by atoms with Crippen LogP contribution in [-0.2, 0) is 11.3 Å². The third-order valence-corrected chi connectivity index (χ3v) is 2.94. The van der Waals surface area contributed by atoms with Crippen LogP contribution in [0.2, 0.25) is 0 Å². The van der Waals surface area contributed by atoms with Gasteiger partial charge < -0.3 is 9.94 Å². The van der Waals surface area contributed by atoms with Gasteiger partial charge in [0, 0.05) is 11.8 Å². The standard InChI is InChI=1S/C16H25NO2/c1-13(2)10-17(18)16(14(3)4)12-19-11-15-8-6-5-7-9-15/h5-10,13-14,16H,11-12H2,1-4H3/b17-10-/t16-/m1/s1. The van der Waals surface area contributed by atoms with Crippen LogP contribution in [0.25, 0.3) is 0 Å². The quantitative estimate of drug-likeness (QED) is 0.327. The summed E-state index contributed by atoms with van der Waals surface area (Å²) in [6, 6.07) is 9.90. The molecular weight excluding hydrogens is 238 g/mol. The molecule has 19 heavy (non-hydrogen) atoms. The lowest BCUT2D eigenvalue weighted by molar-refractivity contribution is -0.512. The Morgan fingerprint density at radius 2 is 1.79 bits per heavy atom. The fourth-order valence-electron chi connectivity index (χ4n) is 1.84. The van der Waals surface area contributed by atoms with Gasteiger partial charge in [-0.3, -0.25) is 0 Å². The van der Waals surface area contributed by atoms with Crippen molar-refractivity contribution < 1.29 is 9.48 Å². The first kappa shape index (κ1) is 15.7. The van der Waals surface area contributed by atoms with Crippen molar-refractivity contribution in [1.29, 1.82) is 0 Å². The van der Waals surface area contributed by atoms with Gasteiger partial charge in [0.15, 0.2) is 12.3 Å². The highest BCUT2D eigenvalue weighted by atomic mass is 16.5. The van der Waals surface area contributed by atoms with Crippen LogP contribution < -0.4 is 0 Å². The summed E-state index contributed by atoms with van der Waals surface area (Å²) in [5, 5.41) is 12.0. The van der Waals surface area contributed by atoms with Crippen molar-refractivity contribution in [1.82, 2.24) is 0 Å². The summed E-state index contributed by atoms with van der Waals surface area (Å²) in [5.41, 5.74) is 1.13. The lowest BCUT2D eigenvalue weighted by Crippen LogP contribution is -2.33. The van der Waals surface area contributed by atoms with Crippen molar-refractivity contribution >= 4 is 6.21 Å². The van der Waals surface area contributed by atoms with Crippen LogP contribution in [0.5, 0.6) is 0 Å². The zero-order chi connectivity index (χ0) is 14.3. The van der Waals surface area contributed by atoms with Gasteiger partial charge in [0.25, 0.3) is 0 Å². The van der Waals surface area contributed by atoms with Crippen LogP contribution in [0.15, 0.2) is 30.3 Å². The summed E-state index contributed by atoms with van der Waals surface area (Å²) < 4.78 is 6.74. The molecule has 0 aliphatic rings. The first-order chi connectivity index (χ1) is 9.00. The minimum absolute atomic E-state index is 0.119. The maximum absolute atomic E-state index is 12.0. The minimum Gasteiger partial charge on any atom is -0.624 e. The van der Waals surface area contributed by atoms with Gasteiger partial charge in [-0.2, -0.15) is 0 Å². The van der Waals surface area contributed by atoms with Crippen LogP contribution in [0, 0.1) is 17.0 Å². The third-order valence-electron chi connectivity index (χ3n) is 2.94. The molecule has 3 nitrogen and oxygen atoms in total. The molecule has 0 saturated heterocycles. The second-order valence-electron chi connectivity index (χ2n) is 5.57. The van der Waals surface area contributed by atoms with Crippen LogP contribution in [-0.4, -0.2) is 23.6 Å². The maximum atomic E-state index is 12.0. The molecule has 0 aliphatic heterocycles. The van der Waals surface area contributed by atoms with E-state index in [0.29, 0.717) is 13.2 Å². The Morgan fingerprint density at radius 3 is 2.32 bits per heavy atom. The molecule has 0 amide bonds. The van der Waals surface area contributed by atoms with Gasteiger partial charge in [0.2, 0.25) is 0 Å². The number of hydrogen-bond acceptors (Lipinski definition) is 2. The molecule has 0 aliphatic carbocycles. The van der Waals surface area contributed by atoms with E-state index in [0.717, 1.165) is 10.3 Å². The summed E-state index contributed by atoms with van der Waals surface area (Å²) in [7, 11) is 0. The molecule has 0 spiro atoms. The molecule has 0 aromatic heterocycles. The molecular formula is C16H25NO2. The summed E-state index contributed by atoms with van der Waals surface area (Å²) in [6.07, 6.45) is 1.72. The summed E-state index contributed by atoms with van der Waals surface area (Å²) in [4.78, 5) is 0. The highest BCUT2D eigenvalue weighted by Gasteiger charge is 2.21. The topological polar surface area (TPSA) is 35.3 Å². The van der Waals surface area contributed by atoms with Gasteiger partial charge in [-0.1, -0.05) is 58.0 Å². The van der Waals surface area contributed by atoms with Crippen LogP contribution in [0.4, 0.5) is 0 Å². The first-order valence-corrected chi connectivity index (χ1v) is 6.92. The average molecular weight is 263 g/mol. The molecule has 0 bridgehead atoms. The molecule has 0 N–H and O–H groups in total. The van der Waals surface area contributed by atoms with E-state index in [4.69, 9.17) is 4.74 Å². The fraction of sp³-hybridized carbons (Fsp3) is 0.562. The van der Waals surface area contributed by atoms with Crippen LogP contribution in [0.3, 0.4) is 0 Å². The Balaban J connectivity index is 2.51. The summed E-state index contributed by atoms with van der Waals surface area (Å²) in [5.74, 6) is 0.524. The Hall–Kier alpha value is -1.35. The van der Waals surface area contributed by atoms with E-state index in [-0.39, 0.29) is 17.9 Å². The molecule has 1 atom stereocenters. The molecule has 0 heterocycles. The highest BCUT2D eigenvalue weighted by Crippen LogP contribution is 2.09. The van der Waals surface area contributed by atoms with Gasteiger partial charge in [0.1, 0.15) is 6.61 Å². The van der Waals surface area contributed by atoms with E-state index < -0.39 is 0 Å². The summed E-state index contributed by atoms with van der Waals surface area (Å²) >= 11 is 0. The molecule has 1 rings (SSSR count). The predicted octanol–water partition coefficient (Wildman–Crippen LogP) is 3.46. The van der Waals surface area contributed by atoms with E-state index in [1.165, 1.54) is 0 Å². The largest absolute Gasteiger partial charge is 0.624 e. The van der Waals surface area contributed by atoms with Crippen molar-refractivity contribution in [2.75, 3.05) is 6.61 Å². The van der Waals surface area contributed by atoms with E-state index in [9.17, 15) is 5.21 Å². The number of nitrogens with zero attached hydrogens (tertiary/aromatic N) is 1. The van der Waals surface area contributed by atoms with Gasteiger partial charge in [-0.05, 0) is 5.56 Å². The van der Waals surface area contributed by atoms with E-state index >= 15 is 0 Å². The smallest absolute Gasteiger partial charge is 0.188 e. The van der Waals surface area contributed by atoms with Crippen molar-refractivity contribution in [2.45, 2.75) is 40.3 Å². The average Bonchev–Trinajstić information content (AvgIpc) is 2.34. The van der Waals surface area contributed by atoms with Gasteiger partial charge >= 0.3 is 0 Å². The number of rotatable bonds is 7. The van der Waals surface area contributed by atoms with E-state index in [1.54, 1.807) is 6.21 Å². The van der Waals surface area contributed by atoms with Crippen molar-refractivity contribution in [3.8, 4) is 0 Å². The normalized spacial score (nSPS) is 14.1. The van der Waals surface area contributed by atoms with Gasteiger partial charge in [-0.25, -0.2) is 4.74 Å². The highest BCUT2D eigenvalue weighted by molar-refractivity contribution is 5.53. The molecule has 0 radical (unpaired) electrons. The Labute approximate surface area is 116 Å². The first-order valence-electron chi connectivity index (χ1n) is 6.92. The number of ether oxygens (including phenoxy) is 1. The molecule has 0 unspecified atom stereocenters. The molecule has 1 aromatic rings. The van der Waals surface area contributed by atoms with Crippen molar-refractivity contribution in [3.63, 3.8) is 0 Å². The monoisotopic (exact) mass is 263 g/mol. The van der Waals surface area contributed by atoms with E-state index in [2.05, 4.69) is 13.8 Å². The zero-order valence-corrected chi connectivity index (χ0v) is 12.4. The Bertz CT molecular complexity index is 385. The molecule has 1 aromatic carbocycles. The summed E-state index contributed by atoms with van der Waals surface area (Å²) in [6.45, 7) is 9.13. The minimum atomic E-state index is -0.119. The van der Waals surface area contributed by atoms with Crippen molar-refractivity contribution in [2.24, 2.45) is 11.8 Å². The van der Waals surface area contributed by atoms with Gasteiger partial charge in [0.05, 0.1) is 6.61 Å². The van der Waals surface area contributed by atoms with Crippen LogP contribution >= 0.6 is 0 Å². The zero-order valence-electron chi connectivity index (χ0n) is 12.4. The lowest BCUT2D eigenvalue weighted by atomic mass is 10.1. The molecule has 0 saturated carbocycles. The number of hydrogen-bond donors (Lipinski definition) is 0. The fourth-order valence-corrected chi connectivity index (χ4v) is 1.84. The predicted molar refractivity (Wildman–Crippen MR) is 79.3 cm³/mol. The second-order valence-corrected chi connectivity index (χ2v) is 5.57. The SMILES string of the molecule is CC(C)/C=[N+](\[O-])[C@H](COCc1ccccc1)C(C)C. The molecule has 3 heteroatoms. The number of hydroxylamine groups is 1. The van der Waals surface area contributed by atoms with E-state index in [1.807, 2.05) is 44.2 Å². The molecule has 106 valence electrons. The van der Waals surface area contributed by atoms with Crippen molar-refractivity contribution in [3.05, 3.63) is 41.1 Å². The Morgan fingerprint density at radius 1 is 1.16 bits per heavy atom. The third kappa shape index (κ3) is 5.88. The second kappa shape index (κ2) is 7.95. The van der Waals surface area contributed by atoms with Gasteiger partial charge in [-0.15, -0.1) is 0 Å². The van der Waals surface area contributed by atoms with Crippen LogP contribution in [0.1, 0.15) is 33.3 Å². The number of benzene rings is 1. The molecule has 0 fully saturated rings. The maximum Gasteiger partial charge on any atom is 0.188 e. The lowest BCUT2D eigenvalue weighted by Gasteiger charge is -2.21. The Kier molecular flexibility index (Phi) is 6.57.